The first kappa shape index (κ1) is 19.2. The molecule has 126 valence electrons. The summed E-state index contributed by atoms with van der Waals surface area (Å²) >= 11 is 4.20. The van der Waals surface area contributed by atoms with E-state index in [1.165, 1.54) is 0 Å². The number of nitrogens with zero attached hydrogens (tertiary/aromatic N) is 2. The maximum absolute atomic E-state index is 13.8. The number of anilines is 1. The molecule has 0 saturated carbocycles. The first-order chi connectivity index (χ1) is 10.4. The summed E-state index contributed by atoms with van der Waals surface area (Å²) in [6, 6.07) is 1.67. The first-order valence-electron chi connectivity index (χ1n) is 6.16. The van der Waals surface area contributed by atoms with Crippen molar-refractivity contribution in [3.63, 3.8) is 0 Å². The highest BCUT2D eigenvalue weighted by Crippen LogP contribution is 2.27. The molecule has 0 spiro atoms. The van der Waals surface area contributed by atoms with Crippen molar-refractivity contribution in [3.05, 3.63) is 28.5 Å². The van der Waals surface area contributed by atoms with Crippen LogP contribution in [-0.2, 0) is 11.4 Å². The van der Waals surface area contributed by atoms with Gasteiger partial charge in [0, 0.05) is 5.56 Å². The molecule has 0 saturated heterocycles. The molecule has 0 unspecified atom stereocenters. The lowest BCUT2D eigenvalue weighted by Gasteiger charge is -2.18. The molecule has 0 aliphatic heterocycles. The monoisotopic (exact) mass is 364 g/mol. The highest BCUT2D eigenvalue weighted by molar-refractivity contribution is 7.91. The Kier molecular flexibility index (Phi) is 5.98. The molecule has 0 fully saturated rings. The quantitative estimate of drug-likeness (QED) is 0.629. The lowest BCUT2D eigenvalue weighted by Crippen LogP contribution is -2.35. The molecule has 2 amide bonds. The van der Waals surface area contributed by atoms with E-state index in [1.54, 1.807) is 20.8 Å². The van der Waals surface area contributed by atoms with Crippen LogP contribution in [0.15, 0.2) is 16.5 Å². The number of imide groups is 1. The van der Waals surface area contributed by atoms with E-state index in [4.69, 9.17) is 21.8 Å². The molecule has 10 heteroatoms. The predicted octanol–water partition coefficient (Wildman–Crippen LogP) is 3.52. The summed E-state index contributed by atoms with van der Waals surface area (Å²) in [5.41, 5.74) is -0.689. The minimum atomic E-state index is -1.88. The van der Waals surface area contributed by atoms with Gasteiger partial charge in [-0.3, -0.25) is 0 Å². The van der Waals surface area contributed by atoms with Crippen molar-refractivity contribution in [1.82, 2.24) is 0 Å². The smallest absolute Gasteiger partial charge is 0.421 e. The Morgan fingerprint density at radius 2 is 1.87 bits per heavy atom. The van der Waals surface area contributed by atoms with E-state index in [9.17, 15) is 18.5 Å². The molecule has 0 bridgehead atoms. The van der Waals surface area contributed by atoms with Crippen LogP contribution in [0, 0.1) is 5.82 Å². The molecule has 0 aliphatic carbocycles. The maximum atomic E-state index is 13.8. The predicted molar refractivity (Wildman–Crippen MR) is 85.4 cm³/mol. The minimum Gasteiger partial charge on any atom is -0.591 e. The van der Waals surface area contributed by atoms with Crippen LogP contribution in [0.25, 0.3) is 0 Å². The topological polar surface area (TPSA) is 113 Å². The van der Waals surface area contributed by atoms with Crippen molar-refractivity contribution in [2.75, 3.05) is 4.90 Å². The number of hydrogen-bond donors (Lipinski definition) is 2. The van der Waals surface area contributed by atoms with Crippen LogP contribution in [0.1, 0.15) is 26.3 Å². The number of carboxylic acid groups (broad SMARTS) is 2. The third kappa shape index (κ3) is 4.81. The van der Waals surface area contributed by atoms with Crippen LogP contribution in [0.5, 0.6) is 0 Å². The molecule has 23 heavy (non-hydrogen) atoms. The Labute approximate surface area is 139 Å². The van der Waals surface area contributed by atoms with Crippen LogP contribution < -0.4 is 4.90 Å². The van der Waals surface area contributed by atoms with Crippen LogP contribution in [0.3, 0.4) is 0 Å². The number of hydrogen-bond acceptors (Lipinski definition) is 4. The number of rotatable bonds is 3. The van der Waals surface area contributed by atoms with Gasteiger partial charge in [-0.05, 0) is 32.9 Å². The summed E-state index contributed by atoms with van der Waals surface area (Å²) in [7, 11) is 0. The fraction of sp³-hybridized carbons (Fsp3) is 0.308. The molecule has 1 rings (SSSR count). The second-order valence-electron chi connectivity index (χ2n) is 5.32. The van der Waals surface area contributed by atoms with E-state index in [0.29, 0.717) is 0 Å². The number of halogens is 2. The summed E-state index contributed by atoms with van der Waals surface area (Å²) in [6.07, 6.45) is -2.67. The Balaban J connectivity index is 3.32. The van der Waals surface area contributed by atoms with Gasteiger partial charge in [0.1, 0.15) is 21.9 Å². The lowest BCUT2D eigenvalue weighted by molar-refractivity contribution is 0.184. The van der Waals surface area contributed by atoms with Gasteiger partial charge < -0.3 is 14.8 Å². The second-order valence-corrected chi connectivity index (χ2v) is 7.66. The molecule has 0 radical (unpaired) electrons. The van der Waals surface area contributed by atoms with Crippen LogP contribution >= 0.6 is 11.6 Å². The van der Waals surface area contributed by atoms with Gasteiger partial charge in [-0.2, -0.15) is 4.90 Å². The summed E-state index contributed by atoms with van der Waals surface area (Å²) in [6.45, 7) is 5.07. The SMILES string of the molecule is CC(C)(C)[S@+]([O-])N=Cc1cc(N(C(=O)O)C(=O)O)c(F)cc1Cl. The van der Waals surface area contributed by atoms with Gasteiger partial charge in [-0.25, -0.2) is 14.0 Å². The van der Waals surface area contributed by atoms with E-state index in [2.05, 4.69) is 4.40 Å². The van der Waals surface area contributed by atoms with Crippen molar-refractivity contribution in [1.29, 1.82) is 0 Å². The third-order valence-corrected chi connectivity index (χ3v) is 4.17. The lowest BCUT2D eigenvalue weighted by atomic mass is 10.2. The van der Waals surface area contributed by atoms with Gasteiger partial charge in [-0.1, -0.05) is 16.0 Å². The van der Waals surface area contributed by atoms with Gasteiger partial charge in [0.25, 0.3) is 0 Å². The molecular formula is C13H14ClFN2O5S. The summed E-state index contributed by atoms with van der Waals surface area (Å²) in [5, 5.41) is 17.6. The molecule has 0 heterocycles. The Morgan fingerprint density at radius 1 is 1.35 bits per heavy atom. The summed E-state index contributed by atoms with van der Waals surface area (Å²) in [5.74, 6) is -1.13. The number of benzene rings is 1. The van der Waals surface area contributed by atoms with Gasteiger partial charge in [-0.15, -0.1) is 0 Å². The highest BCUT2D eigenvalue weighted by Gasteiger charge is 2.28. The minimum absolute atomic E-state index is 0.0353. The zero-order valence-electron chi connectivity index (χ0n) is 12.4. The first-order valence-corrected chi connectivity index (χ1v) is 7.64. The zero-order valence-corrected chi connectivity index (χ0v) is 14.0. The van der Waals surface area contributed by atoms with E-state index in [1.807, 2.05) is 0 Å². The van der Waals surface area contributed by atoms with Crippen LogP contribution in [0.2, 0.25) is 5.02 Å². The molecule has 0 aliphatic rings. The molecule has 1 atom stereocenters. The molecule has 0 aromatic heterocycles. The molecular weight excluding hydrogens is 351 g/mol. The van der Waals surface area contributed by atoms with Crippen LogP contribution in [0.4, 0.5) is 19.7 Å². The molecule has 7 nitrogen and oxygen atoms in total. The van der Waals surface area contributed by atoms with Gasteiger partial charge in [0.05, 0.1) is 16.9 Å². The fourth-order valence-electron chi connectivity index (χ4n) is 1.37. The van der Waals surface area contributed by atoms with Crippen LogP contribution in [-0.4, -0.2) is 37.9 Å². The highest BCUT2D eigenvalue weighted by atomic mass is 35.5. The summed E-state index contributed by atoms with van der Waals surface area (Å²) < 4.78 is 28.8. The van der Waals surface area contributed by atoms with E-state index >= 15 is 0 Å². The zero-order chi connectivity index (χ0) is 17.9. The van der Waals surface area contributed by atoms with E-state index in [-0.39, 0.29) is 15.5 Å². The molecule has 1 aromatic carbocycles. The Hall–Kier alpha value is -1.84. The van der Waals surface area contributed by atoms with Gasteiger partial charge >= 0.3 is 12.2 Å². The second kappa shape index (κ2) is 7.16. The van der Waals surface area contributed by atoms with Crippen molar-refractivity contribution in [2.45, 2.75) is 25.5 Å². The van der Waals surface area contributed by atoms with Gasteiger partial charge in [0.15, 0.2) is 0 Å². The van der Waals surface area contributed by atoms with Crippen molar-refractivity contribution in [2.24, 2.45) is 4.40 Å². The Morgan fingerprint density at radius 3 is 2.30 bits per heavy atom. The van der Waals surface area contributed by atoms with Gasteiger partial charge in [0.2, 0.25) is 0 Å². The van der Waals surface area contributed by atoms with E-state index in [0.717, 1.165) is 18.3 Å². The molecule has 2 N–H and O–H groups in total. The normalized spacial score (nSPS) is 13.1. The fourth-order valence-corrected chi connectivity index (χ4v) is 2.10. The van der Waals surface area contributed by atoms with Crippen molar-refractivity contribution in [3.8, 4) is 0 Å². The summed E-state index contributed by atoms with van der Waals surface area (Å²) in [4.78, 5) is 21.7. The average Bonchev–Trinajstić information content (AvgIpc) is 2.37. The Bertz CT molecular complexity index is 649. The standard InChI is InChI=1S/C13H14ClFN2O5S/c1-13(2,3)23(22)16-6-7-4-10(9(15)5-8(7)14)17(11(18)19)12(20)21/h4-6H,1-3H3,(H,18,19)(H,20,21)/t23-/m0/s1. The largest absolute Gasteiger partial charge is 0.591 e. The molecule has 1 aromatic rings. The average molecular weight is 365 g/mol. The third-order valence-electron chi connectivity index (χ3n) is 2.50. The van der Waals surface area contributed by atoms with Crippen molar-refractivity contribution >= 4 is 47.1 Å². The van der Waals surface area contributed by atoms with Crippen molar-refractivity contribution < 1.29 is 28.7 Å². The van der Waals surface area contributed by atoms with E-state index < -0.39 is 39.8 Å². The number of carbonyl (C=O) groups is 2. The maximum Gasteiger partial charge on any atom is 0.421 e. The number of amides is 2.